The molecule has 0 saturated carbocycles. The Labute approximate surface area is 187 Å². The number of benzene rings is 1. The number of urea groups is 1. The highest BCUT2D eigenvalue weighted by atomic mass is 19.1. The monoisotopic (exact) mass is 440 g/mol. The highest BCUT2D eigenvalue weighted by Gasteiger charge is 2.38. The summed E-state index contributed by atoms with van der Waals surface area (Å²) >= 11 is 0. The molecule has 2 amide bonds. The second kappa shape index (κ2) is 9.84. The Balaban J connectivity index is 1.83. The topological polar surface area (TPSA) is 115 Å². The molecule has 1 fully saturated rings. The molecule has 1 unspecified atom stereocenters. The van der Waals surface area contributed by atoms with E-state index < -0.39 is 11.9 Å². The van der Waals surface area contributed by atoms with E-state index >= 15 is 0 Å². The highest BCUT2D eigenvalue weighted by Crippen LogP contribution is 2.30. The molecule has 2 aromatic rings. The lowest BCUT2D eigenvalue weighted by Crippen LogP contribution is -2.56. The molecule has 9 heteroatoms. The van der Waals surface area contributed by atoms with Gasteiger partial charge in [0.05, 0.1) is 12.4 Å². The number of aryl methyl sites for hydroxylation is 1. The highest BCUT2D eigenvalue weighted by molar-refractivity contribution is 5.97. The molecule has 1 saturated heterocycles. The number of rotatable bonds is 4. The third kappa shape index (κ3) is 5.27. The number of piperidine rings is 1. The summed E-state index contributed by atoms with van der Waals surface area (Å²) < 4.78 is 18.6. The molecule has 0 radical (unpaired) electrons. The van der Waals surface area contributed by atoms with Crippen LogP contribution in [0.4, 0.5) is 14.9 Å². The van der Waals surface area contributed by atoms with Crippen molar-refractivity contribution in [3.05, 3.63) is 42.0 Å². The molecule has 2 heterocycles. The van der Waals surface area contributed by atoms with Crippen LogP contribution in [0.1, 0.15) is 45.6 Å². The van der Waals surface area contributed by atoms with Gasteiger partial charge in [0.15, 0.2) is 17.5 Å². The Morgan fingerprint density at radius 2 is 1.94 bits per heavy atom. The fraction of sp³-hybridized carbons (Fsp3) is 0.435. The van der Waals surface area contributed by atoms with E-state index in [4.69, 9.17) is 15.6 Å². The number of nitrogens with one attached hydrogen (secondary N) is 3. The number of aromatic nitrogens is 2. The van der Waals surface area contributed by atoms with Gasteiger partial charge in [-0.05, 0) is 50.3 Å². The lowest BCUT2D eigenvalue weighted by Gasteiger charge is -2.42. The first-order valence-electron chi connectivity index (χ1n) is 10.7. The number of halogens is 1. The van der Waals surface area contributed by atoms with E-state index in [-0.39, 0.29) is 23.9 Å². The predicted molar refractivity (Wildman–Crippen MR) is 121 cm³/mol. The minimum atomic E-state index is -0.550. The molecule has 8 nitrogen and oxygen atoms in total. The van der Waals surface area contributed by atoms with Crippen LogP contribution in [0.15, 0.2) is 30.6 Å². The molecular formula is C23H29FN6O2. The molecule has 32 heavy (non-hydrogen) atoms. The van der Waals surface area contributed by atoms with Crippen LogP contribution in [-0.4, -0.2) is 44.8 Å². The van der Waals surface area contributed by atoms with Crippen LogP contribution in [0.25, 0.3) is 11.4 Å². The van der Waals surface area contributed by atoms with Gasteiger partial charge in [-0.1, -0.05) is 19.9 Å². The number of likely N-dealkylation sites (tertiary alicyclic amines) is 1. The molecule has 3 N–H and O–H groups in total. The lowest BCUT2D eigenvalue weighted by atomic mass is 9.88. The first-order chi connectivity index (χ1) is 15.2. The van der Waals surface area contributed by atoms with Crippen molar-refractivity contribution in [3.8, 4) is 11.4 Å². The van der Waals surface area contributed by atoms with E-state index in [9.17, 15) is 9.18 Å². The van der Waals surface area contributed by atoms with Crippen molar-refractivity contribution in [2.24, 2.45) is 5.92 Å². The van der Waals surface area contributed by atoms with Crippen LogP contribution < -0.4 is 5.32 Å². The molecule has 0 aliphatic carbocycles. The number of hydrogen-bond acceptors (Lipinski definition) is 6. The number of hydrogen-bond donors (Lipinski definition) is 3. The maximum atomic E-state index is 13.3. The summed E-state index contributed by atoms with van der Waals surface area (Å²) in [5.41, 5.74) is 2.12. The van der Waals surface area contributed by atoms with Crippen LogP contribution in [0.5, 0.6) is 0 Å². The van der Waals surface area contributed by atoms with Gasteiger partial charge in [0.25, 0.3) is 0 Å². The average Bonchev–Trinajstić information content (AvgIpc) is 2.75. The molecule has 1 aromatic heterocycles. The number of ether oxygens (including phenoxy) is 1. The Hall–Kier alpha value is -3.36. The summed E-state index contributed by atoms with van der Waals surface area (Å²) in [5, 5.41) is 19.0. The van der Waals surface area contributed by atoms with Gasteiger partial charge in [-0.2, -0.15) is 0 Å². The molecule has 3 rings (SSSR count). The van der Waals surface area contributed by atoms with E-state index in [1.807, 2.05) is 19.9 Å². The van der Waals surface area contributed by atoms with Gasteiger partial charge >= 0.3 is 6.03 Å². The Morgan fingerprint density at radius 3 is 2.59 bits per heavy atom. The molecule has 170 valence electrons. The predicted octanol–water partition coefficient (Wildman–Crippen LogP) is 4.99. The normalized spacial score (nSPS) is 20.5. The van der Waals surface area contributed by atoms with Crippen molar-refractivity contribution in [3.63, 3.8) is 0 Å². The van der Waals surface area contributed by atoms with E-state index in [1.165, 1.54) is 0 Å². The van der Waals surface area contributed by atoms with Gasteiger partial charge in [0.1, 0.15) is 6.04 Å². The van der Waals surface area contributed by atoms with Crippen molar-refractivity contribution in [1.29, 1.82) is 10.8 Å². The van der Waals surface area contributed by atoms with E-state index in [0.29, 0.717) is 35.8 Å². The van der Waals surface area contributed by atoms with Crippen LogP contribution in [0.2, 0.25) is 0 Å². The summed E-state index contributed by atoms with van der Waals surface area (Å²) in [5.74, 6) is 0.0844. The van der Waals surface area contributed by atoms with Gasteiger partial charge in [0, 0.05) is 23.7 Å². The number of carbonyl (C=O) groups is 1. The molecule has 1 aliphatic rings. The Bertz CT molecular complexity index is 1010. The van der Waals surface area contributed by atoms with Gasteiger partial charge in [-0.3, -0.25) is 10.8 Å². The van der Waals surface area contributed by atoms with Gasteiger partial charge in [-0.15, -0.1) is 0 Å². The smallest absolute Gasteiger partial charge is 0.322 e. The van der Waals surface area contributed by atoms with E-state index in [2.05, 4.69) is 22.2 Å². The largest absolute Gasteiger partial charge is 0.428 e. The van der Waals surface area contributed by atoms with Crippen LogP contribution >= 0.6 is 0 Å². The van der Waals surface area contributed by atoms with Crippen LogP contribution in [0.3, 0.4) is 0 Å². The number of nitrogens with zero attached hydrogens (tertiary/aromatic N) is 3. The maximum Gasteiger partial charge on any atom is 0.322 e. The van der Waals surface area contributed by atoms with Gasteiger partial charge < -0.3 is 15.0 Å². The standard InChI is InChI=1S/C23H29FN6O2/c1-5-20(25)32-21(26)19-9-13(2)8-15(4)30(19)23(31)29-17-7-6-14(3)18(10-17)22-27-11-16(24)12-28-22/h6-7,10-13,15,19,25-26H,5,8-9H2,1-4H3,(H,29,31)/t13-,15-,19?/m1/s1. The molecule has 1 aromatic carbocycles. The fourth-order valence-electron chi connectivity index (χ4n) is 4.02. The van der Waals surface area contributed by atoms with Crippen molar-refractivity contribution >= 4 is 23.5 Å². The zero-order valence-electron chi connectivity index (χ0n) is 18.8. The molecule has 0 bridgehead atoms. The van der Waals surface area contributed by atoms with Crippen LogP contribution in [-0.2, 0) is 4.74 Å². The van der Waals surface area contributed by atoms with Gasteiger partial charge in [-0.25, -0.2) is 19.2 Å². The molecule has 1 aliphatic heterocycles. The summed E-state index contributed by atoms with van der Waals surface area (Å²) in [6.07, 6.45) is 3.99. The fourth-order valence-corrected chi connectivity index (χ4v) is 4.02. The third-order valence-electron chi connectivity index (χ3n) is 5.62. The van der Waals surface area contributed by atoms with Crippen LogP contribution in [0, 0.1) is 29.5 Å². The third-order valence-corrected chi connectivity index (χ3v) is 5.62. The quantitative estimate of drug-likeness (QED) is 0.459. The zero-order valence-corrected chi connectivity index (χ0v) is 18.8. The summed E-state index contributed by atoms with van der Waals surface area (Å²) in [4.78, 5) is 23.0. The molecule has 3 atom stereocenters. The number of carbonyl (C=O) groups excluding carboxylic acids is 1. The molecule has 0 spiro atoms. The van der Waals surface area contributed by atoms with Crippen molar-refractivity contribution < 1.29 is 13.9 Å². The number of amides is 2. The lowest BCUT2D eigenvalue weighted by molar-refractivity contribution is 0.121. The summed E-state index contributed by atoms with van der Waals surface area (Å²) in [6, 6.07) is 4.37. The summed E-state index contributed by atoms with van der Waals surface area (Å²) in [6.45, 7) is 7.71. The van der Waals surface area contributed by atoms with Crippen molar-refractivity contribution in [2.45, 2.75) is 59.0 Å². The minimum absolute atomic E-state index is 0.00344. The summed E-state index contributed by atoms with van der Waals surface area (Å²) in [7, 11) is 0. The zero-order chi connectivity index (χ0) is 23.4. The Kier molecular flexibility index (Phi) is 7.17. The van der Waals surface area contributed by atoms with E-state index in [0.717, 1.165) is 24.4 Å². The average molecular weight is 441 g/mol. The first kappa shape index (κ1) is 23.3. The maximum absolute atomic E-state index is 13.3. The second-order valence-electron chi connectivity index (χ2n) is 8.28. The second-order valence-corrected chi connectivity index (χ2v) is 8.28. The van der Waals surface area contributed by atoms with Crippen molar-refractivity contribution in [1.82, 2.24) is 14.9 Å². The minimum Gasteiger partial charge on any atom is -0.428 e. The molecular weight excluding hydrogens is 411 g/mol. The SMILES string of the molecule is CCC(=N)OC(=N)C1C[C@H](C)C[C@@H](C)N1C(=O)Nc1ccc(C)c(-c2ncc(F)cn2)c1. The first-order valence-corrected chi connectivity index (χ1v) is 10.7. The van der Waals surface area contributed by atoms with Crippen molar-refractivity contribution in [2.75, 3.05) is 5.32 Å². The number of anilines is 1. The Morgan fingerprint density at radius 1 is 1.25 bits per heavy atom. The van der Waals surface area contributed by atoms with Gasteiger partial charge in [0.2, 0.25) is 5.90 Å². The van der Waals surface area contributed by atoms with E-state index in [1.54, 1.807) is 24.0 Å².